The molecule has 2 aliphatic rings. The molecule has 2 saturated carbocycles. The zero-order valence-electron chi connectivity index (χ0n) is 9.32. The lowest BCUT2D eigenvalue weighted by atomic mass is 9.67. The van der Waals surface area contributed by atoms with E-state index in [-0.39, 0.29) is 5.41 Å². The first-order chi connectivity index (χ1) is 7.23. The average Bonchev–Trinajstić information content (AvgIpc) is 2.84. The highest BCUT2D eigenvalue weighted by atomic mass is 14.8. The quantitative estimate of drug-likeness (QED) is 0.742. The van der Waals surface area contributed by atoms with Crippen molar-refractivity contribution in [1.82, 2.24) is 0 Å². The number of hydrogen-bond acceptors (Lipinski definition) is 1. The molecule has 1 aromatic rings. The van der Waals surface area contributed by atoms with Gasteiger partial charge >= 0.3 is 0 Å². The van der Waals surface area contributed by atoms with Gasteiger partial charge in [0.05, 0.1) is 0 Å². The van der Waals surface area contributed by atoms with Gasteiger partial charge in [0.1, 0.15) is 0 Å². The first-order valence-corrected chi connectivity index (χ1v) is 6.04. The van der Waals surface area contributed by atoms with E-state index in [9.17, 15) is 0 Å². The minimum absolute atomic E-state index is 0.240. The van der Waals surface area contributed by atoms with Crippen LogP contribution < -0.4 is 5.73 Å². The van der Waals surface area contributed by atoms with E-state index in [0.717, 1.165) is 11.8 Å². The molecule has 3 rings (SSSR count). The molecule has 2 fully saturated rings. The van der Waals surface area contributed by atoms with Gasteiger partial charge in [-0.3, -0.25) is 0 Å². The van der Waals surface area contributed by atoms with Crippen LogP contribution in [0, 0.1) is 11.8 Å². The summed E-state index contributed by atoms with van der Waals surface area (Å²) in [6.07, 6.45) is 4.09. The highest BCUT2D eigenvalue weighted by Gasteiger charge is 2.54. The highest BCUT2D eigenvalue weighted by molar-refractivity contribution is 5.32. The third-order valence-corrected chi connectivity index (χ3v) is 4.92. The van der Waals surface area contributed by atoms with Crippen LogP contribution in [0.2, 0.25) is 0 Å². The maximum Gasteiger partial charge on any atom is 0.0165 e. The van der Waals surface area contributed by atoms with E-state index in [1.54, 1.807) is 0 Å². The minimum Gasteiger partial charge on any atom is -0.327 e. The zero-order chi connectivity index (χ0) is 10.5. The molecular weight excluding hydrogens is 182 g/mol. The first kappa shape index (κ1) is 9.41. The summed E-state index contributed by atoms with van der Waals surface area (Å²) in [4.78, 5) is 0. The Hall–Kier alpha value is -0.820. The fourth-order valence-corrected chi connectivity index (χ4v) is 3.87. The van der Waals surface area contributed by atoms with E-state index >= 15 is 0 Å². The Morgan fingerprint density at radius 3 is 2.53 bits per heavy atom. The highest BCUT2D eigenvalue weighted by Crippen LogP contribution is 2.55. The van der Waals surface area contributed by atoms with Crippen molar-refractivity contribution < 1.29 is 0 Å². The molecule has 0 amide bonds. The number of benzene rings is 1. The molecular formula is C14H19N. The Labute approximate surface area is 91.7 Å². The normalized spacial score (nSPS) is 43.5. The van der Waals surface area contributed by atoms with E-state index in [4.69, 9.17) is 5.73 Å². The second-order valence-corrected chi connectivity index (χ2v) is 5.44. The van der Waals surface area contributed by atoms with Gasteiger partial charge in [-0.15, -0.1) is 0 Å². The van der Waals surface area contributed by atoms with E-state index in [2.05, 4.69) is 37.3 Å². The third kappa shape index (κ3) is 1.13. The second kappa shape index (κ2) is 3.08. The molecule has 4 atom stereocenters. The van der Waals surface area contributed by atoms with Gasteiger partial charge in [-0.25, -0.2) is 0 Å². The van der Waals surface area contributed by atoms with E-state index in [0.29, 0.717) is 6.04 Å². The van der Waals surface area contributed by atoms with Gasteiger partial charge in [-0.1, -0.05) is 37.3 Å². The molecule has 1 nitrogen and oxygen atoms in total. The summed E-state index contributed by atoms with van der Waals surface area (Å²) in [5.41, 5.74) is 8.12. The Morgan fingerprint density at radius 1 is 1.20 bits per heavy atom. The maximum absolute atomic E-state index is 6.43. The standard InChI is InChI=1S/C14H19N/c1-14(11-5-3-2-4-6-11)12-8-7-10(9-12)13(14)15/h2-6,10,12-13H,7-9,15H2,1H3/t10-,12+,13-,14+/m1/s1. The summed E-state index contributed by atoms with van der Waals surface area (Å²) in [6.45, 7) is 2.37. The zero-order valence-corrected chi connectivity index (χ0v) is 9.32. The van der Waals surface area contributed by atoms with Crippen molar-refractivity contribution in [2.24, 2.45) is 17.6 Å². The summed E-state index contributed by atoms with van der Waals surface area (Å²) >= 11 is 0. The summed E-state index contributed by atoms with van der Waals surface area (Å²) in [5.74, 6) is 1.60. The monoisotopic (exact) mass is 201 g/mol. The smallest absolute Gasteiger partial charge is 0.0165 e. The van der Waals surface area contributed by atoms with E-state index in [1.807, 2.05) is 0 Å². The van der Waals surface area contributed by atoms with Crippen molar-refractivity contribution in [3.8, 4) is 0 Å². The lowest BCUT2D eigenvalue weighted by Gasteiger charge is -2.39. The molecule has 0 radical (unpaired) electrons. The summed E-state index contributed by atoms with van der Waals surface area (Å²) in [6, 6.07) is 11.2. The topological polar surface area (TPSA) is 26.0 Å². The third-order valence-electron chi connectivity index (χ3n) is 4.92. The number of rotatable bonds is 1. The van der Waals surface area contributed by atoms with Crippen LogP contribution in [0.5, 0.6) is 0 Å². The van der Waals surface area contributed by atoms with Crippen molar-refractivity contribution in [3.63, 3.8) is 0 Å². The van der Waals surface area contributed by atoms with Crippen molar-refractivity contribution in [1.29, 1.82) is 0 Å². The summed E-state index contributed by atoms with van der Waals surface area (Å²) in [7, 11) is 0. The Balaban J connectivity index is 2.04. The Bertz CT molecular complexity index is 355. The Morgan fingerprint density at radius 2 is 1.93 bits per heavy atom. The fraction of sp³-hybridized carbons (Fsp3) is 0.571. The molecule has 0 unspecified atom stereocenters. The maximum atomic E-state index is 6.43. The second-order valence-electron chi connectivity index (χ2n) is 5.44. The lowest BCUT2D eigenvalue weighted by Crippen LogP contribution is -2.47. The molecule has 2 N–H and O–H groups in total. The SMILES string of the molecule is C[C@]1(c2ccccc2)[C@H]2CC[C@H](C2)[C@H]1N. The Kier molecular flexibility index (Phi) is 1.93. The van der Waals surface area contributed by atoms with Crippen LogP contribution in [0.3, 0.4) is 0 Å². The first-order valence-electron chi connectivity index (χ1n) is 6.04. The van der Waals surface area contributed by atoms with Gasteiger partial charge in [0.25, 0.3) is 0 Å². The molecule has 0 aromatic heterocycles. The van der Waals surface area contributed by atoms with Gasteiger partial charge in [0, 0.05) is 11.5 Å². The number of fused-ring (bicyclic) bond motifs is 2. The molecule has 0 saturated heterocycles. The fourth-order valence-electron chi connectivity index (χ4n) is 3.87. The van der Waals surface area contributed by atoms with Gasteiger partial charge in [0.2, 0.25) is 0 Å². The van der Waals surface area contributed by atoms with Crippen LogP contribution in [0.15, 0.2) is 30.3 Å². The molecule has 0 aliphatic heterocycles. The predicted molar refractivity (Wildman–Crippen MR) is 62.6 cm³/mol. The van der Waals surface area contributed by atoms with Crippen LogP contribution >= 0.6 is 0 Å². The van der Waals surface area contributed by atoms with Gasteiger partial charge in [-0.05, 0) is 36.7 Å². The van der Waals surface area contributed by atoms with Crippen LogP contribution in [0.25, 0.3) is 0 Å². The van der Waals surface area contributed by atoms with Crippen molar-refractivity contribution in [2.75, 3.05) is 0 Å². The molecule has 2 bridgehead atoms. The molecule has 0 heterocycles. The predicted octanol–water partition coefficient (Wildman–Crippen LogP) is 2.70. The average molecular weight is 201 g/mol. The minimum atomic E-state index is 0.240. The number of nitrogens with two attached hydrogens (primary N) is 1. The van der Waals surface area contributed by atoms with Crippen LogP contribution in [-0.2, 0) is 5.41 Å². The van der Waals surface area contributed by atoms with E-state index in [1.165, 1.54) is 24.8 Å². The lowest BCUT2D eigenvalue weighted by molar-refractivity contribution is 0.252. The molecule has 80 valence electrons. The van der Waals surface area contributed by atoms with Crippen LogP contribution in [-0.4, -0.2) is 6.04 Å². The molecule has 0 spiro atoms. The molecule has 2 aliphatic carbocycles. The van der Waals surface area contributed by atoms with E-state index < -0.39 is 0 Å². The van der Waals surface area contributed by atoms with Gasteiger partial charge in [0.15, 0.2) is 0 Å². The van der Waals surface area contributed by atoms with Crippen molar-refractivity contribution >= 4 is 0 Å². The van der Waals surface area contributed by atoms with Crippen molar-refractivity contribution in [2.45, 2.75) is 37.6 Å². The van der Waals surface area contributed by atoms with Gasteiger partial charge in [-0.2, -0.15) is 0 Å². The summed E-state index contributed by atoms with van der Waals surface area (Å²) in [5, 5.41) is 0. The molecule has 1 aromatic carbocycles. The van der Waals surface area contributed by atoms with Crippen molar-refractivity contribution in [3.05, 3.63) is 35.9 Å². The largest absolute Gasteiger partial charge is 0.327 e. The summed E-state index contributed by atoms with van der Waals surface area (Å²) < 4.78 is 0. The number of hydrogen-bond donors (Lipinski definition) is 1. The molecule has 15 heavy (non-hydrogen) atoms. The van der Waals surface area contributed by atoms with Crippen LogP contribution in [0.4, 0.5) is 0 Å². The molecule has 1 heteroatoms. The van der Waals surface area contributed by atoms with Crippen LogP contribution in [0.1, 0.15) is 31.7 Å². The van der Waals surface area contributed by atoms with Gasteiger partial charge < -0.3 is 5.73 Å².